The standard InChI is InChI=1S/C26H21N3O7/c1-2-36-26(33)20-9-5-6-10-21(20)27-23(30)22(15-16-11-13-17(14-12-16)29(34)35)28-24(31)18-7-3-4-8-19(18)25(28)32/h3-14,22H,2,15H2,1H3,(H,27,30). The van der Waals surface area contributed by atoms with E-state index in [1.54, 1.807) is 31.2 Å². The number of hydrogen-bond acceptors (Lipinski definition) is 7. The molecule has 10 heteroatoms. The molecule has 3 aromatic carbocycles. The number of nitro benzene ring substituents is 1. The van der Waals surface area contributed by atoms with Crippen LogP contribution in [0.25, 0.3) is 0 Å². The van der Waals surface area contributed by atoms with Crippen LogP contribution in [0.4, 0.5) is 11.4 Å². The summed E-state index contributed by atoms with van der Waals surface area (Å²) in [4.78, 5) is 63.6. The molecule has 0 saturated heterocycles. The molecule has 0 saturated carbocycles. The summed E-state index contributed by atoms with van der Waals surface area (Å²) in [6, 6.07) is 16.7. The van der Waals surface area contributed by atoms with E-state index in [-0.39, 0.29) is 41.1 Å². The number of amides is 3. The summed E-state index contributed by atoms with van der Waals surface area (Å²) < 4.78 is 5.05. The Balaban J connectivity index is 1.69. The minimum absolute atomic E-state index is 0.100. The number of nitrogens with zero attached hydrogens (tertiary/aromatic N) is 2. The highest BCUT2D eigenvalue weighted by Gasteiger charge is 2.42. The van der Waals surface area contributed by atoms with Crippen molar-refractivity contribution in [2.45, 2.75) is 19.4 Å². The fourth-order valence-electron chi connectivity index (χ4n) is 3.96. The Morgan fingerprint density at radius 2 is 1.53 bits per heavy atom. The van der Waals surface area contributed by atoms with Crippen LogP contribution >= 0.6 is 0 Å². The van der Waals surface area contributed by atoms with E-state index in [0.29, 0.717) is 5.56 Å². The van der Waals surface area contributed by atoms with Gasteiger partial charge in [0.15, 0.2) is 0 Å². The molecule has 1 aliphatic rings. The second-order valence-electron chi connectivity index (χ2n) is 7.92. The van der Waals surface area contributed by atoms with E-state index in [1.165, 1.54) is 48.5 Å². The first-order valence-electron chi connectivity index (χ1n) is 11.1. The van der Waals surface area contributed by atoms with E-state index in [2.05, 4.69) is 5.32 Å². The molecule has 0 aromatic heterocycles. The molecule has 1 heterocycles. The topological polar surface area (TPSA) is 136 Å². The number of nitro groups is 1. The van der Waals surface area contributed by atoms with Crippen molar-refractivity contribution in [3.8, 4) is 0 Å². The van der Waals surface area contributed by atoms with E-state index >= 15 is 0 Å². The van der Waals surface area contributed by atoms with Gasteiger partial charge in [-0.2, -0.15) is 0 Å². The van der Waals surface area contributed by atoms with Crippen molar-refractivity contribution in [2.75, 3.05) is 11.9 Å². The van der Waals surface area contributed by atoms with Gasteiger partial charge in [0.25, 0.3) is 17.5 Å². The van der Waals surface area contributed by atoms with Crippen LogP contribution in [-0.2, 0) is 16.0 Å². The van der Waals surface area contributed by atoms with Gasteiger partial charge in [0.1, 0.15) is 6.04 Å². The third-order valence-corrected chi connectivity index (χ3v) is 5.70. The van der Waals surface area contributed by atoms with Gasteiger partial charge in [-0.3, -0.25) is 29.4 Å². The Labute approximate surface area is 205 Å². The third-order valence-electron chi connectivity index (χ3n) is 5.70. The zero-order valence-corrected chi connectivity index (χ0v) is 19.2. The average molecular weight is 487 g/mol. The lowest BCUT2D eigenvalue weighted by atomic mass is 10.0. The maximum absolute atomic E-state index is 13.5. The summed E-state index contributed by atoms with van der Waals surface area (Å²) in [5.41, 5.74) is 0.988. The lowest BCUT2D eigenvalue weighted by Gasteiger charge is -2.26. The molecule has 36 heavy (non-hydrogen) atoms. The van der Waals surface area contributed by atoms with Crippen molar-refractivity contribution in [3.05, 3.63) is 105 Å². The van der Waals surface area contributed by atoms with Gasteiger partial charge in [-0.1, -0.05) is 36.4 Å². The number of esters is 1. The lowest BCUT2D eigenvalue weighted by Crippen LogP contribution is -2.48. The Morgan fingerprint density at radius 1 is 0.944 bits per heavy atom. The summed E-state index contributed by atoms with van der Waals surface area (Å²) in [6.45, 7) is 1.79. The van der Waals surface area contributed by atoms with Crippen LogP contribution in [0, 0.1) is 10.1 Å². The number of imide groups is 1. The first kappa shape index (κ1) is 24.3. The number of hydrogen-bond donors (Lipinski definition) is 1. The zero-order chi connectivity index (χ0) is 25.8. The molecule has 1 atom stereocenters. The Bertz CT molecular complexity index is 1330. The minimum Gasteiger partial charge on any atom is -0.462 e. The first-order chi connectivity index (χ1) is 17.3. The van der Waals surface area contributed by atoms with Crippen molar-refractivity contribution < 1.29 is 28.8 Å². The highest BCUT2D eigenvalue weighted by molar-refractivity contribution is 6.23. The van der Waals surface area contributed by atoms with Crippen LogP contribution in [0.2, 0.25) is 0 Å². The molecule has 3 aromatic rings. The molecule has 1 aliphatic heterocycles. The van der Waals surface area contributed by atoms with Gasteiger partial charge in [0.2, 0.25) is 5.91 Å². The van der Waals surface area contributed by atoms with Crippen molar-refractivity contribution in [1.29, 1.82) is 0 Å². The predicted molar refractivity (Wildman–Crippen MR) is 129 cm³/mol. The molecule has 1 N–H and O–H groups in total. The Kier molecular flexibility index (Phi) is 6.86. The quantitative estimate of drug-likeness (QED) is 0.222. The molecule has 182 valence electrons. The van der Waals surface area contributed by atoms with Crippen LogP contribution < -0.4 is 5.32 Å². The number of anilines is 1. The highest BCUT2D eigenvalue weighted by atomic mass is 16.6. The Morgan fingerprint density at radius 3 is 2.11 bits per heavy atom. The van der Waals surface area contributed by atoms with Crippen LogP contribution in [0.3, 0.4) is 0 Å². The van der Waals surface area contributed by atoms with Gasteiger partial charge in [-0.05, 0) is 36.8 Å². The first-order valence-corrected chi connectivity index (χ1v) is 11.1. The number of fused-ring (bicyclic) bond motifs is 1. The number of carbonyl (C=O) groups is 4. The van der Waals surface area contributed by atoms with Gasteiger partial charge >= 0.3 is 5.97 Å². The number of nitrogens with one attached hydrogen (secondary N) is 1. The van der Waals surface area contributed by atoms with Gasteiger partial charge in [0, 0.05) is 18.6 Å². The zero-order valence-electron chi connectivity index (χ0n) is 19.2. The number of ether oxygens (including phenoxy) is 1. The number of benzene rings is 3. The van der Waals surface area contributed by atoms with E-state index in [1.807, 2.05) is 0 Å². The number of carbonyl (C=O) groups excluding carboxylic acids is 4. The van der Waals surface area contributed by atoms with Gasteiger partial charge in [0.05, 0.1) is 33.9 Å². The SMILES string of the molecule is CCOC(=O)c1ccccc1NC(=O)C(Cc1ccc([N+](=O)[O-])cc1)N1C(=O)c2ccccc2C1=O. The third kappa shape index (κ3) is 4.69. The summed E-state index contributed by atoms with van der Waals surface area (Å²) >= 11 is 0. The molecule has 3 amide bonds. The molecule has 1 unspecified atom stereocenters. The molecule has 10 nitrogen and oxygen atoms in total. The van der Waals surface area contributed by atoms with Crippen LogP contribution in [0.15, 0.2) is 72.8 Å². The van der Waals surface area contributed by atoms with Crippen molar-refractivity contribution in [2.24, 2.45) is 0 Å². The summed E-state index contributed by atoms with van der Waals surface area (Å²) in [6.07, 6.45) is -0.100. The molecule has 0 radical (unpaired) electrons. The van der Waals surface area contributed by atoms with Crippen molar-refractivity contribution in [1.82, 2.24) is 4.90 Å². The number of non-ortho nitro benzene ring substituents is 1. The fraction of sp³-hybridized carbons (Fsp3) is 0.154. The predicted octanol–water partition coefficient (Wildman–Crippen LogP) is 3.62. The molecule has 0 fully saturated rings. The monoisotopic (exact) mass is 487 g/mol. The van der Waals surface area contributed by atoms with Crippen molar-refractivity contribution >= 4 is 35.1 Å². The molecule has 0 spiro atoms. The normalized spacial score (nSPS) is 13.2. The average Bonchev–Trinajstić information content (AvgIpc) is 3.13. The smallest absolute Gasteiger partial charge is 0.340 e. The number of para-hydroxylation sites is 1. The summed E-state index contributed by atoms with van der Waals surface area (Å²) in [5, 5.41) is 13.7. The maximum atomic E-state index is 13.5. The lowest BCUT2D eigenvalue weighted by molar-refractivity contribution is -0.384. The molecular weight excluding hydrogens is 466 g/mol. The number of rotatable bonds is 8. The summed E-state index contributed by atoms with van der Waals surface area (Å²) in [7, 11) is 0. The molecule has 0 bridgehead atoms. The largest absolute Gasteiger partial charge is 0.462 e. The Hall–Kier alpha value is -4.86. The van der Waals surface area contributed by atoms with Crippen LogP contribution in [0.5, 0.6) is 0 Å². The molecule has 4 rings (SSSR count). The van der Waals surface area contributed by atoms with E-state index in [0.717, 1.165) is 4.90 Å². The van der Waals surface area contributed by atoms with Crippen LogP contribution in [0.1, 0.15) is 43.6 Å². The van der Waals surface area contributed by atoms with Crippen LogP contribution in [-0.4, -0.2) is 46.2 Å². The van der Waals surface area contributed by atoms with E-state index in [9.17, 15) is 29.3 Å². The molecule has 0 aliphatic carbocycles. The van der Waals surface area contributed by atoms with Crippen molar-refractivity contribution in [3.63, 3.8) is 0 Å². The summed E-state index contributed by atoms with van der Waals surface area (Å²) in [5.74, 6) is -2.60. The van der Waals surface area contributed by atoms with Gasteiger partial charge in [-0.25, -0.2) is 4.79 Å². The van der Waals surface area contributed by atoms with Gasteiger partial charge in [-0.15, -0.1) is 0 Å². The van der Waals surface area contributed by atoms with Gasteiger partial charge < -0.3 is 10.1 Å². The van der Waals surface area contributed by atoms with E-state index < -0.39 is 34.7 Å². The second-order valence-corrected chi connectivity index (χ2v) is 7.92. The maximum Gasteiger partial charge on any atom is 0.340 e. The van der Waals surface area contributed by atoms with E-state index in [4.69, 9.17) is 4.74 Å². The fourth-order valence-corrected chi connectivity index (χ4v) is 3.96. The molecular formula is C26H21N3O7. The second kappa shape index (κ2) is 10.2. The minimum atomic E-state index is -1.30. The highest BCUT2D eigenvalue weighted by Crippen LogP contribution is 2.27.